The van der Waals surface area contributed by atoms with Gasteiger partial charge in [-0.2, -0.15) is 0 Å². The monoisotopic (exact) mass is 393 g/mol. The molecule has 0 aliphatic rings. The van der Waals surface area contributed by atoms with E-state index in [0.29, 0.717) is 18.7 Å². The van der Waals surface area contributed by atoms with Crippen LogP contribution in [0.5, 0.6) is 5.75 Å². The van der Waals surface area contributed by atoms with Gasteiger partial charge in [0.15, 0.2) is 6.61 Å². The second kappa shape index (κ2) is 10.1. The first-order valence-corrected chi connectivity index (χ1v) is 9.33. The van der Waals surface area contributed by atoms with Crippen molar-refractivity contribution in [2.24, 2.45) is 0 Å². The van der Waals surface area contributed by atoms with Gasteiger partial charge in [-0.1, -0.05) is 42.5 Å². The van der Waals surface area contributed by atoms with E-state index in [-0.39, 0.29) is 18.9 Å². The molecule has 3 rings (SSSR count). The summed E-state index contributed by atoms with van der Waals surface area (Å²) in [6.45, 7) is 0.0263. The Hall–Kier alpha value is -3.54. The summed E-state index contributed by atoms with van der Waals surface area (Å²) in [7, 11) is 1.59. The van der Waals surface area contributed by atoms with E-state index in [2.05, 4.69) is 5.32 Å². The number of amides is 1. The Kier molecular flexibility index (Phi) is 7.05. The molecule has 6 nitrogen and oxygen atoms in total. The number of hydrogen-bond acceptors (Lipinski definition) is 5. The van der Waals surface area contributed by atoms with E-state index >= 15 is 0 Å². The molecule has 1 N–H and O–H groups in total. The Morgan fingerprint density at radius 1 is 1.00 bits per heavy atom. The van der Waals surface area contributed by atoms with E-state index < -0.39 is 5.97 Å². The van der Waals surface area contributed by atoms with Crippen LogP contribution in [0, 0.1) is 0 Å². The number of nitrogens with one attached hydrogen (secondary N) is 1. The van der Waals surface area contributed by atoms with Crippen LogP contribution < -0.4 is 10.1 Å². The minimum atomic E-state index is -0.445. The predicted octanol–water partition coefficient (Wildman–Crippen LogP) is 3.75. The van der Waals surface area contributed by atoms with E-state index in [1.54, 1.807) is 7.11 Å². The molecule has 0 unspecified atom stereocenters. The number of esters is 1. The van der Waals surface area contributed by atoms with Gasteiger partial charge in [0.1, 0.15) is 17.3 Å². The molecule has 0 aliphatic heterocycles. The van der Waals surface area contributed by atoms with Crippen LogP contribution in [0.25, 0.3) is 11.3 Å². The molecule has 0 saturated heterocycles. The zero-order valence-corrected chi connectivity index (χ0v) is 16.2. The molecule has 0 radical (unpaired) electrons. The SMILES string of the molecule is COc1cccc(CNC(=O)COC(=O)CCc2ccc(-c3ccccc3)o2)c1. The van der Waals surface area contributed by atoms with Crippen LogP contribution in [0.4, 0.5) is 0 Å². The van der Waals surface area contributed by atoms with E-state index in [9.17, 15) is 9.59 Å². The molecule has 2 aromatic carbocycles. The van der Waals surface area contributed by atoms with Crippen LogP contribution in [0.2, 0.25) is 0 Å². The van der Waals surface area contributed by atoms with Gasteiger partial charge in [-0.3, -0.25) is 9.59 Å². The molecular formula is C23H23NO5. The van der Waals surface area contributed by atoms with Crippen LogP contribution in [0.3, 0.4) is 0 Å². The van der Waals surface area contributed by atoms with Crippen molar-refractivity contribution >= 4 is 11.9 Å². The van der Waals surface area contributed by atoms with Crippen molar-refractivity contribution in [1.82, 2.24) is 5.32 Å². The van der Waals surface area contributed by atoms with E-state index in [1.165, 1.54) is 0 Å². The average molecular weight is 393 g/mol. The Bertz CT molecular complexity index is 949. The average Bonchev–Trinajstić information content (AvgIpc) is 3.24. The third-order valence-electron chi connectivity index (χ3n) is 4.28. The molecule has 0 saturated carbocycles. The highest BCUT2D eigenvalue weighted by atomic mass is 16.5. The van der Waals surface area contributed by atoms with Gasteiger partial charge in [-0.15, -0.1) is 0 Å². The molecule has 1 aromatic heterocycles. The van der Waals surface area contributed by atoms with Gasteiger partial charge in [0, 0.05) is 18.5 Å². The molecular weight excluding hydrogens is 370 g/mol. The van der Waals surface area contributed by atoms with Crippen LogP contribution in [-0.4, -0.2) is 25.6 Å². The minimum Gasteiger partial charge on any atom is -0.497 e. The summed E-state index contributed by atoms with van der Waals surface area (Å²) in [6.07, 6.45) is 0.558. The van der Waals surface area contributed by atoms with Crippen molar-refractivity contribution in [1.29, 1.82) is 0 Å². The second-order valence-electron chi connectivity index (χ2n) is 6.42. The van der Waals surface area contributed by atoms with Crippen molar-refractivity contribution in [3.8, 4) is 17.1 Å². The van der Waals surface area contributed by atoms with Gasteiger partial charge in [-0.05, 0) is 29.8 Å². The molecule has 0 fully saturated rings. The zero-order valence-electron chi connectivity index (χ0n) is 16.2. The van der Waals surface area contributed by atoms with E-state index in [0.717, 1.165) is 22.6 Å². The lowest BCUT2D eigenvalue weighted by Crippen LogP contribution is -2.28. The van der Waals surface area contributed by atoms with Gasteiger partial charge in [0.05, 0.1) is 13.5 Å². The van der Waals surface area contributed by atoms with Gasteiger partial charge < -0.3 is 19.2 Å². The molecule has 29 heavy (non-hydrogen) atoms. The maximum Gasteiger partial charge on any atom is 0.306 e. The number of aryl methyl sites for hydroxylation is 1. The number of carbonyl (C=O) groups is 2. The maximum absolute atomic E-state index is 11.9. The molecule has 150 valence electrons. The Labute approximate surface area is 169 Å². The van der Waals surface area contributed by atoms with Gasteiger partial charge in [0.2, 0.25) is 0 Å². The van der Waals surface area contributed by atoms with Gasteiger partial charge in [0.25, 0.3) is 5.91 Å². The molecule has 0 spiro atoms. The number of rotatable bonds is 9. The number of carbonyl (C=O) groups excluding carboxylic acids is 2. The summed E-state index contributed by atoms with van der Waals surface area (Å²) in [4.78, 5) is 23.8. The lowest BCUT2D eigenvalue weighted by molar-refractivity contribution is -0.148. The number of benzene rings is 2. The minimum absolute atomic E-state index is 0.144. The molecule has 1 amide bonds. The fourth-order valence-electron chi connectivity index (χ4n) is 2.75. The second-order valence-corrected chi connectivity index (χ2v) is 6.42. The van der Waals surface area contributed by atoms with Crippen molar-refractivity contribution in [3.05, 3.63) is 78.1 Å². The zero-order chi connectivity index (χ0) is 20.5. The van der Waals surface area contributed by atoms with Crippen molar-refractivity contribution < 1.29 is 23.5 Å². The predicted molar refractivity (Wildman–Crippen MR) is 108 cm³/mol. The van der Waals surface area contributed by atoms with Crippen molar-refractivity contribution in [3.63, 3.8) is 0 Å². The summed E-state index contributed by atoms with van der Waals surface area (Å²) in [5.74, 6) is 1.37. The quantitative estimate of drug-likeness (QED) is 0.560. The lowest BCUT2D eigenvalue weighted by Gasteiger charge is -2.07. The maximum atomic E-state index is 11.9. The first-order valence-electron chi connectivity index (χ1n) is 9.33. The largest absolute Gasteiger partial charge is 0.497 e. The number of furan rings is 1. The topological polar surface area (TPSA) is 77.8 Å². The number of ether oxygens (including phenoxy) is 2. The molecule has 0 aliphatic carbocycles. The smallest absolute Gasteiger partial charge is 0.306 e. The molecule has 3 aromatic rings. The molecule has 1 heterocycles. The summed E-state index contributed by atoms with van der Waals surface area (Å²) in [5.41, 5.74) is 1.88. The standard InChI is InChI=1S/C23H23NO5/c1-27-20-9-5-6-17(14-20)15-24-22(25)16-28-23(26)13-11-19-10-12-21(29-19)18-7-3-2-4-8-18/h2-10,12,14H,11,13,15-16H2,1H3,(H,24,25). The van der Waals surface area contributed by atoms with Gasteiger partial charge in [-0.25, -0.2) is 0 Å². The van der Waals surface area contributed by atoms with Gasteiger partial charge >= 0.3 is 5.97 Å². The number of hydrogen-bond donors (Lipinski definition) is 1. The highest BCUT2D eigenvalue weighted by Gasteiger charge is 2.10. The highest BCUT2D eigenvalue weighted by Crippen LogP contribution is 2.22. The summed E-state index contributed by atoms with van der Waals surface area (Å²) < 4.78 is 15.9. The fraction of sp³-hybridized carbons (Fsp3) is 0.217. The summed E-state index contributed by atoms with van der Waals surface area (Å²) in [6, 6.07) is 20.8. The Morgan fingerprint density at radius 2 is 1.83 bits per heavy atom. The molecule has 6 heteroatoms. The summed E-state index contributed by atoms with van der Waals surface area (Å²) >= 11 is 0. The normalized spacial score (nSPS) is 10.4. The Balaban J connectivity index is 1.37. The first kappa shape index (κ1) is 20.2. The fourth-order valence-corrected chi connectivity index (χ4v) is 2.75. The van der Waals surface area contributed by atoms with Crippen LogP contribution >= 0.6 is 0 Å². The number of methoxy groups -OCH3 is 1. The van der Waals surface area contributed by atoms with Crippen LogP contribution in [0.1, 0.15) is 17.7 Å². The van der Waals surface area contributed by atoms with Crippen LogP contribution in [0.15, 0.2) is 71.1 Å². The van der Waals surface area contributed by atoms with Crippen molar-refractivity contribution in [2.45, 2.75) is 19.4 Å². The van der Waals surface area contributed by atoms with Crippen LogP contribution in [-0.2, 0) is 27.3 Å². The lowest BCUT2D eigenvalue weighted by atomic mass is 10.2. The first-order chi connectivity index (χ1) is 14.1. The Morgan fingerprint density at radius 3 is 2.62 bits per heavy atom. The highest BCUT2D eigenvalue weighted by molar-refractivity contribution is 5.80. The third kappa shape index (κ3) is 6.24. The molecule has 0 atom stereocenters. The van der Waals surface area contributed by atoms with Crippen molar-refractivity contribution in [2.75, 3.05) is 13.7 Å². The van der Waals surface area contributed by atoms with E-state index in [1.807, 2.05) is 66.7 Å². The summed E-state index contributed by atoms with van der Waals surface area (Å²) in [5, 5.41) is 2.71. The third-order valence-corrected chi connectivity index (χ3v) is 4.28. The molecule has 0 bridgehead atoms. The van der Waals surface area contributed by atoms with E-state index in [4.69, 9.17) is 13.9 Å².